The fourth-order valence-electron chi connectivity index (χ4n) is 8.46. The summed E-state index contributed by atoms with van der Waals surface area (Å²) in [5, 5.41) is 16.2. The minimum absolute atomic E-state index is 0.00567. The number of allylic oxidation sites excluding steroid dienone is 1. The number of H-pyrrole nitrogens is 1. The van der Waals surface area contributed by atoms with Gasteiger partial charge in [0.05, 0.1) is 40.9 Å². The third-order valence-corrected chi connectivity index (χ3v) is 13.5. The maximum absolute atomic E-state index is 14.0. The van der Waals surface area contributed by atoms with Gasteiger partial charge in [0.25, 0.3) is 21.6 Å². The summed E-state index contributed by atoms with van der Waals surface area (Å²) in [5.41, 5.74) is 5.30. The van der Waals surface area contributed by atoms with Crippen LogP contribution >= 0.6 is 11.6 Å². The zero-order valence-corrected chi connectivity index (χ0v) is 36.7. The highest BCUT2D eigenvalue weighted by molar-refractivity contribution is 7.90. The summed E-state index contributed by atoms with van der Waals surface area (Å²) in [7, 11) is -3.46. The fourth-order valence-corrected chi connectivity index (χ4v) is 9.59. The van der Waals surface area contributed by atoms with E-state index >= 15 is 0 Å². The van der Waals surface area contributed by atoms with Crippen molar-refractivity contribution in [2.45, 2.75) is 44.4 Å². The van der Waals surface area contributed by atoms with Crippen molar-refractivity contribution in [3.8, 4) is 17.2 Å². The molecule has 1 atom stereocenters. The summed E-state index contributed by atoms with van der Waals surface area (Å²) in [6.07, 6.45) is 5.87. The van der Waals surface area contributed by atoms with E-state index in [9.17, 15) is 28.1 Å². The Labute approximate surface area is 369 Å². The molecule has 2 aliphatic heterocycles. The van der Waals surface area contributed by atoms with Crippen molar-refractivity contribution in [1.29, 1.82) is 0 Å². The molecule has 16 nitrogen and oxygen atoms in total. The highest BCUT2D eigenvalue weighted by Gasteiger charge is 2.33. The van der Waals surface area contributed by atoms with E-state index in [4.69, 9.17) is 21.1 Å². The lowest BCUT2D eigenvalue weighted by molar-refractivity contribution is -0.386. The number of pyridine rings is 1. The molecule has 5 aromatic rings. The lowest BCUT2D eigenvalue weighted by Gasteiger charge is -2.39. The van der Waals surface area contributed by atoms with Crippen molar-refractivity contribution in [1.82, 2.24) is 24.9 Å². The number of carbonyl (C=O) groups excluding carboxylic acids is 2. The molecule has 0 spiro atoms. The normalized spacial score (nSPS) is 17.7. The van der Waals surface area contributed by atoms with E-state index in [0.29, 0.717) is 24.5 Å². The number of hydrogen-bond donors (Lipinski definition) is 3. The number of aromatic amines is 1. The Morgan fingerprint density at radius 3 is 2.59 bits per heavy atom. The number of anilines is 1. The van der Waals surface area contributed by atoms with Gasteiger partial charge in [-0.05, 0) is 78.6 Å². The zero-order chi connectivity index (χ0) is 44.5. The second-order valence-electron chi connectivity index (χ2n) is 16.9. The summed E-state index contributed by atoms with van der Waals surface area (Å²) in [5.74, 6) is -0.935. The Morgan fingerprint density at radius 2 is 1.84 bits per heavy atom. The first-order chi connectivity index (χ1) is 30.1. The molecule has 18 heteroatoms. The van der Waals surface area contributed by atoms with E-state index in [-0.39, 0.29) is 53.5 Å². The standard InChI is InChI=1S/C45H48ClN7O9S/c1-45(2)12-10-31(38(23-45)29-4-6-32(46)7-5-29)26-51-14-16-52(17-15-51)33-8-9-36(41(20-33)62-34-19-30-11-13-47-42(30)48-25-34)43(54)50-63(58,59)35-21-39(53(56)57)37-18-28(24-49-44(55)60-3)27-61-40(37)22-35/h4-9,11,13,19-22,25,28H,10,12,14-18,23-24,26-27H2,1-3H3,(H,47,48)(H,49,55)(H,50,54)/t28-/m0/s1. The average molecular weight is 898 g/mol. The molecular weight excluding hydrogens is 850 g/mol. The molecule has 0 radical (unpaired) electrons. The van der Waals surface area contributed by atoms with Gasteiger partial charge in [-0.1, -0.05) is 43.2 Å². The van der Waals surface area contributed by atoms with Gasteiger partial charge in [0, 0.05) is 85.7 Å². The minimum Gasteiger partial charge on any atom is -0.493 e. The van der Waals surface area contributed by atoms with Crippen molar-refractivity contribution in [3.05, 3.63) is 117 Å². The Kier molecular flexibility index (Phi) is 12.4. The number of hydrogen-bond acceptors (Lipinski definition) is 12. The van der Waals surface area contributed by atoms with Crippen LogP contribution in [0.5, 0.6) is 17.2 Å². The van der Waals surface area contributed by atoms with Crippen LogP contribution in [0.15, 0.2) is 89.6 Å². The highest BCUT2D eigenvalue weighted by atomic mass is 35.5. The molecule has 0 bridgehead atoms. The van der Waals surface area contributed by atoms with Crippen LogP contribution in [0, 0.1) is 21.4 Å². The highest BCUT2D eigenvalue weighted by Crippen LogP contribution is 2.44. The first-order valence-corrected chi connectivity index (χ1v) is 22.5. The number of methoxy groups -OCH3 is 1. The van der Waals surface area contributed by atoms with E-state index in [0.717, 1.165) is 67.1 Å². The number of amides is 2. The second-order valence-corrected chi connectivity index (χ2v) is 19.0. The largest absolute Gasteiger partial charge is 0.493 e. The molecule has 3 N–H and O–H groups in total. The number of carbonyl (C=O) groups is 2. The number of benzene rings is 3. The predicted octanol–water partition coefficient (Wildman–Crippen LogP) is 7.73. The number of nitrogens with zero attached hydrogens (tertiary/aromatic N) is 4. The number of piperazine rings is 1. The van der Waals surface area contributed by atoms with Gasteiger partial charge in [-0.3, -0.25) is 19.8 Å². The van der Waals surface area contributed by atoms with Crippen LogP contribution in [0.25, 0.3) is 16.6 Å². The first-order valence-electron chi connectivity index (χ1n) is 20.7. The molecular formula is C45H48ClN7O9S. The number of alkyl carbamates (subject to hydrolysis) is 1. The number of aromatic nitrogens is 2. The summed E-state index contributed by atoms with van der Waals surface area (Å²) in [6, 6.07) is 18.8. The second kappa shape index (κ2) is 17.9. The molecule has 0 unspecified atom stereocenters. The molecule has 330 valence electrons. The van der Waals surface area contributed by atoms with Gasteiger partial charge in [-0.2, -0.15) is 0 Å². The maximum Gasteiger partial charge on any atom is 0.406 e. The van der Waals surface area contributed by atoms with E-state index in [1.54, 1.807) is 24.4 Å². The summed E-state index contributed by atoms with van der Waals surface area (Å²) >= 11 is 6.24. The van der Waals surface area contributed by atoms with Crippen LogP contribution in [0.1, 0.15) is 54.6 Å². The number of nitro benzene ring substituents is 1. The summed E-state index contributed by atoms with van der Waals surface area (Å²) in [4.78, 5) is 48.7. The predicted molar refractivity (Wildman–Crippen MR) is 238 cm³/mol. The van der Waals surface area contributed by atoms with E-state index in [1.807, 2.05) is 18.2 Å². The van der Waals surface area contributed by atoms with Crippen LogP contribution in [0.3, 0.4) is 0 Å². The van der Waals surface area contributed by atoms with Gasteiger partial charge in [0.1, 0.15) is 22.9 Å². The van der Waals surface area contributed by atoms with Gasteiger partial charge in [-0.15, -0.1) is 0 Å². The Balaban J connectivity index is 1.02. The number of sulfonamides is 1. The van der Waals surface area contributed by atoms with Crippen molar-refractivity contribution >= 4 is 61.6 Å². The van der Waals surface area contributed by atoms with Crippen molar-refractivity contribution in [2.75, 3.05) is 57.9 Å². The molecule has 8 rings (SSSR count). The third kappa shape index (κ3) is 9.90. The average Bonchev–Trinajstić information content (AvgIpc) is 3.74. The summed E-state index contributed by atoms with van der Waals surface area (Å²) in [6.45, 7) is 8.69. The quantitative estimate of drug-likeness (QED) is 0.0815. The van der Waals surface area contributed by atoms with Crippen LogP contribution < -0.4 is 24.4 Å². The number of nitro groups is 1. The van der Waals surface area contributed by atoms with Crippen molar-refractivity contribution in [3.63, 3.8) is 0 Å². The van der Waals surface area contributed by atoms with Crippen LogP contribution in [0.4, 0.5) is 16.2 Å². The van der Waals surface area contributed by atoms with Gasteiger partial charge in [0.2, 0.25) is 0 Å². The van der Waals surface area contributed by atoms with Gasteiger partial charge >= 0.3 is 6.09 Å². The minimum atomic E-state index is -4.68. The number of rotatable bonds is 12. The van der Waals surface area contributed by atoms with Gasteiger partial charge in [0.15, 0.2) is 0 Å². The van der Waals surface area contributed by atoms with E-state index < -0.39 is 37.5 Å². The summed E-state index contributed by atoms with van der Waals surface area (Å²) < 4.78 is 46.4. The van der Waals surface area contributed by atoms with Crippen molar-refractivity contribution in [2.24, 2.45) is 11.3 Å². The SMILES string of the molecule is COC(=O)NC[C@H]1COc2cc(S(=O)(=O)NC(=O)c3ccc(N4CCN(CC5=C(c6ccc(Cl)cc6)CC(C)(C)CC5)CC4)cc3Oc3cnc4[nH]ccc4c3)cc([N+](=O)[O-])c2C1. The van der Waals surface area contributed by atoms with E-state index in [1.165, 1.54) is 36.1 Å². The molecule has 3 aliphatic rings. The Morgan fingerprint density at radius 1 is 1.06 bits per heavy atom. The molecule has 63 heavy (non-hydrogen) atoms. The molecule has 4 heterocycles. The molecule has 0 saturated carbocycles. The number of ether oxygens (including phenoxy) is 3. The zero-order valence-electron chi connectivity index (χ0n) is 35.1. The Hall–Kier alpha value is -6.17. The van der Waals surface area contributed by atoms with E-state index in [2.05, 4.69) is 60.5 Å². The number of halogens is 1. The molecule has 2 aromatic heterocycles. The number of fused-ring (bicyclic) bond motifs is 2. The maximum atomic E-state index is 14.0. The van der Waals surface area contributed by atoms with Crippen LogP contribution in [-0.2, 0) is 21.2 Å². The third-order valence-electron chi connectivity index (χ3n) is 11.9. The molecule has 1 aliphatic carbocycles. The topological polar surface area (TPSA) is 198 Å². The molecule has 1 saturated heterocycles. The van der Waals surface area contributed by atoms with Gasteiger partial charge in [-0.25, -0.2) is 22.9 Å². The molecule has 3 aromatic carbocycles. The van der Waals surface area contributed by atoms with Gasteiger partial charge < -0.3 is 29.4 Å². The molecule has 1 fully saturated rings. The van der Waals surface area contributed by atoms with Crippen LogP contribution in [-0.4, -0.2) is 93.2 Å². The van der Waals surface area contributed by atoms with Crippen LogP contribution in [0.2, 0.25) is 5.02 Å². The monoisotopic (exact) mass is 897 g/mol. The Bertz CT molecular complexity index is 2710. The fraction of sp³-hybridized carbons (Fsp3) is 0.356. The first kappa shape index (κ1) is 43.5. The smallest absolute Gasteiger partial charge is 0.406 e. The molecule has 2 amide bonds. The lowest BCUT2D eigenvalue weighted by Crippen LogP contribution is -2.47. The number of nitrogens with one attached hydrogen (secondary N) is 3. The lowest BCUT2D eigenvalue weighted by atomic mass is 9.72. The van der Waals surface area contributed by atoms with Crippen molar-refractivity contribution < 1.29 is 37.1 Å².